The van der Waals surface area contributed by atoms with Crippen LogP contribution in [-0.2, 0) is 0 Å². The van der Waals surface area contributed by atoms with Gasteiger partial charge in [0.1, 0.15) is 0 Å². The quantitative estimate of drug-likeness (QED) is 0.628. The van der Waals surface area contributed by atoms with Gasteiger partial charge in [-0.2, -0.15) is 0 Å². The standard InChI is InChI=1S/C11H22O/c1-5-8-11(4,12)9-6-7-10(2)3/h7,12H,5-6,8-9H2,1-4H3/t11-/m1/s1. The first-order chi connectivity index (χ1) is 5.48. The van der Waals surface area contributed by atoms with Crippen molar-refractivity contribution in [1.29, 1.82) is 0 Å². The topological polar surface area (TPSA) is 20.2 Å². The van der Waals surface area contributed by atoms with Crippen molar-refractivity contribution in [2.45, 2.75) is 59.0 Å². The first-order valence-corrected chi connectivity index (χ1v) is 4.83. The first kappa shape index (κ1) is 11.7. The molecule has 0 aromatic heterocycles. The summed E-state index contributed by atoms with van der Waals surface area (Å²) in [4.78, 5) is 0. The number of aliphatic hydroxyl groups is 1. The highest BCUT2D eigenvalue weighted by atomic mass is 16.3. The lowest BCUT2D eigenvalue weighted by Gasteiger charge is -2.21. The lowest BCUT2D eigenvalue weighted by Crippen LogP contribution is -2.22. The fourth-order valence-electron chi connectivity index (χ4n) is 1.34. The van der Waals surface area contributed by atoms with E-state index in [4.69, 9.17) is 0 Å². The van der Waals surface area contributed by atoms with E-state index in [9.17, 15) is 5.11 Å². The second kappa shape index (κ2) is 5.36. The predicted octanol–water partition coefficient (Wildman–Crippen LogP) is 3.28. The minimum absolute atomic E-state index is 0.458. The Balaban J connectivity index is 3.68. The molecule has 0 saturated heterocycles. The van der Waals surface area contributed by atoms with E-state index in [0.29, 0.717) is 0 Å². The molecule has 0 heterocycles. The molecule has 0 rings (SSSR count). The highest BCUT2D eigenvalue weighted by Crippen LogP contribution is 2.18. The molecule has 0 aliphatic rings. The normalized spacial score (nSPS) is 15.4. The molecule has 0 unspecified atom stereocenters. The maximum absolute atomic E-state index is 9.80. The summed E-state index contributed by atoms with van der Waals surface area (Å²) >= 11 is 0. The van der Waals surface area contributed by atoms with E-state index in [0.717, 1.165) is 25.7 Å². The van der Waals surface area contributed by atoms with Gasteiger partial charge < -0.3 is 5.11 Å². The summed E-state index contributed by atoms with van der Waals surface area (Å²) in [6.07, 6.45) is 6.02. The third-order valence-corrected chi connectivity index (χ3v) is 2.02. The van der Waals surface area contributed by atoms with E-state index in [1.54, 1.807) is 0 Å². The molecule has 0 fully saturated rings. The van der Waals surface area contributed by atoms with Crippen molar-refractivity contribution >= 4 is 0 Å². The van der Waals surface area contributed by atoms with Gasteiger partial charge in [-0.3, -0.25) is 0 Å². The zero-order valence-corrected chi connectivity index (χ0v) is 8.85. The van der Waals surface area contributed by atoms with Gasteiger partial charge in [-0.05, 0) is 40.0 Å². The summed E-state index contributed by atoms with van der Waals surface area (Å²) in [5.74, 6) is 0. The Hall–Kier alpha value is -0.300. The van der Waals surface area contributed by atoms with Gasteiger partial charge in [-0.1, -0.05) is 25.0 Å². The SMILES string of the molecule is CCC[C@@](C)(O)CCC=C(C)C. The minimum atomic E-state index is -0.458. The molecule has 0 aliphatic heterocycles. The molecule has 1 heteroatoms. The van der Waals surface area contributed by atoms with Crippen LogP contribution in [0.4, 0.5) is 0 Å². The van der Waals surface area contributed by atoms with Crippen LogP contribution in [0.5, 0.6) is 0 Å². The van der Waals surface area contributed by atoms with Crippen LogP contribution in [0.2, 0.25) is 0 Å². The van der Waals surface area contributed by atoms with Crippen LogP contribution in [0.25, 0.3) is 0 Å². The minimum Gasteiger partial charge on any atom is -0.390 e. The third-order valence-electron chi connectivity index (χ3n) is 2.02. The van der Waals surface area contributed by atoms with Crippen LogP contribution in [-0.4, -0.2) is 10.7 Å². The molecule has 0 aromatic rings. The predicted molar refractivity (Wildman–Crippen MR) is 54.2 cm³/mol. The van der Waals surface area contributed by atoms with Gasteiger partial charge in [0.2, 0.25) is 0 Å². The smallest absolute Gasteiger partial charge is 0.0622 e. The van der Waals surface area contributed by atoms with Crippen LogP contribution in [0.1, 0.15) is 53.4 Å². The van der Waals surface area contributed by atoms with Crippen molar-refractivity contribution in [3.8, 4) is 0 Å². The zero-order chi connectivity index (χ0) is 9.61. The maximum atomic E-state index is 9.80. The van der Waals surface area contributed by atoms with Crippen molar-refractivity contribution in [3.63, 3.8) is 0 Å². The van der Waals surface area contributed by atoms with E-state index >= 15 is 0 Å². The van der Waals surface area contributed by atoms with Gasteiger partial charge in [0.25, 0.3) is 0 Å². The lowest BCUT2D eigenvalue weighted by atomic mass is 9.94. The van der Waals surface area contributed by atoms with E-state index in [1.165, 1.54) is 5.57 Å². The molecule has 0 amide bonds. The fraction of sp³-hybridized carbons (Fsp3) is 0.818. The van der Waals surface area contributed by atoms with Gasteiger partial charge in [0.05, 0.1) is 5.60 Å². The third kappa shape index (κ3) is 6.41. The maximum Gasteiger partial charge on any atom is 0.0622 e. The van der Waals surface area contributed by atoms with Crippen molar-refractivity contribution in [2.24, 2.45) is 0 Å². The lowest BCUT2D eigenvalue weighted by molar-refractivity contribution is 0.0422. The number of hydrogen-bond acceptors (Lipinski definition) is 1. The van der Waals surface area contributed by atoms with Crippen molar-refractivity contribution < 1.29 is 5.11 Å². The van der Waals surface area contributed by atoms with Crippen molar-refractivity contribution in [3.05, 3.63) is 11.6 Å². The Labute approximate surface area is 76.5 Å². The van der Waals surface area contributed by atoms with Gasteiger partial charge in [-0.15, -0.1) is 0 Å². The van der Waals surface area contributed by atoms with E-state index in [1.807, 2.05) is 6.92 Å². The Bertz CT molecular complexity index is 141. The Morgan fingerprint density at radius 1 is 1.33 bits per heavy atom. The summed E-state index contributed by atoms with van der Waals surface area (Å²) in [6, 6.07) is 0. The molecule has 1 nitrogen and oxygen atoms in total. The Morgan fingerprint density at radius 2 is 1.92 bits per heavy atom. The van der Waals surface area contributed by atoms with Gasteiger partial charge >= 0.3 is 0 Å². The molecule has 0 radical (unpaired) electrons. The van der Waals surface area contributed by atoms with Crippen LogP contribution in [0, 0.1) is 0 Å². The van der Waals surface area contributed by atoms with E-state index in [-0.39, 0.29) is 0 Å². The van der Waals surface area contributed by atoms with Gasteiger partial charge in [0.15, 0.2) is 0 Å². The van der Waals surface area contributed by atoms with E-state index < -0.39 is 5.60 Å². The second-order valence-electron chi connectivity index (χ2n) is 4.07. The summed E-state index contributed by atoms with van der Waals surface area (Å²) in [5, 5.41) is 9.80. The molecule has 0 bridgehead atoms. The average Bonchev–Trinajstić information content (AvgIpc) is 1.85. The second-order valence-corrected chi connectivity index (χ2v) is 4.07. The average molecular weight is 170 g/mol. The molecule has 0 aliphatic carbocycles. The Morgan fingerprint density at radius 3 is 2.33 bits per heavy atom. The zero-order valence-electron chi connectivity index (χ0n) is 8.85. The first-order valence-electron chi connectivity index (χ1n) is 4.83. The molecule has 0 saturated carbocycles. The molecule has 1 atom stereocenters. The molecular weight excluding hydrogens is 148 g/mol. The summed E-state index contributed by atoms with van der Waals surface area (Å²) in [5.41, 5.74) is 0.878. The fourth-order valence-corrected chi connectivity index (χ4v) is 1.34. The summed E-state index contributed by atoms with van der Waals surface area (Å²) in [7, 11) is 0. The van der Waals surface area contributed by atoms with Crippen molar-refractivity contribution in [1.82, 2.24) is 0 Å². The van der Waals surface area contributed by atoms with Crippen LogP contribution >= 0.6 is 0 Å². The highest BCUT2D eigenvalue weighted by molar-refractivity contribution is 4.93. The van der Waals surface area contributed by atoms with Crippen molar-refractivity contribution in [2.75, 3.05) is 0 Å². The van der Waals surface area contributed by atoms with Gasteiger partial charge in [-0.25, -0.2) is 0 Å². The molecule has 0 aromatic carbocycles. The van der Waals surface area contributed by atoms with Crippen LogP contribution in [0.15, 0.2) is 11.6 Å². The van der Waals surface area contributed by atoms with Crippen LogP contribution < -0.4 is 0 Å². The van der Waals surface area contributed by atoms with Gasteiger partial charge in [0, 0.05) is 0 Å². The number of hydrogen-bond donors (Lipinski definition) is 1. The summed E-state index contributed by atoms with van der Waals surface area (Å²) < 4.78 is 0. The number of allylic oxidation sites excluding steroid dienone is 2. The molecule has 12 heavy (non-hydrogen) atoms. The molecule has 0 spiro atoms. The molecule has 72 valence electrons. The summed E-state index contributed by atoms with van der Waals surface area (Å²) in [6.45, 7) is 8.22. The number of rotatable bonds is 5. The largest absolute Gasteiger partial charge is 0.390 e. The molecule has 1 N–H and O–H groups in total. The van der Waals surface area contributed by atoms with Crippen LogP contribution in [0.3, 0.4) is 0 Å². The van der Waals surface area contributed by atoms with E-state index in [2.05, 4.69) is 26.8 Å². The Kier molecular flexibility index (Phi) is 5.23. The highest BCUT2D eigenvalue weighted by Gasteiger charge is 2.17. The monoisotopic (exact) mass is 170 g/mol. The molecular formula is C11H22O.